The first kappa shape index (κ1) is 15.9. The molecule has 2 aromatic rings. The number of benzene rings is 1. The topological polar surface area (TPSA) is 75.4 Å². The number of fused-ring (bicyclic) bond motifs is 1. The van der Waals surface area contributed by atoms with Crippen molar-refractivity contribution in [1.29, 1.82) is 0 Å². The minimum Gasteiger partial charge on any atom is -0.444 e. The van der Waals surface area contributed by atoms with Crippen molar-refractivity contribution >= 4 is 11.9 Å². The van der Waals surface area contributed by atoms with Crippen molar-refractivity contribution in [3.63, 3.8) is 0 Å². The number of carbonyl (C=O) groups is 2. The third kappa shape index (κ3) is 2.44. The maximum atomic E-state index is 13.0. The first-order chi connectivity index (χ1) is 11.9. The third-order valence-electron chi connectivity index (χ3n) is 5.32. The molecular formula is C19H21N3O3. The molecule has 1 fully saturated rings. The van der Waals surface area contributed by atoms with Gasteiger partial charge in [-0.3, -0.25) is 9.69 Å². The summed E-state index contributed by atoms with van der Waals surface area (Å²) in [7, 11) is 0. The highest BCUT2D eigenvalue weighted by atomic mass is 16.4. The first-order valence-corrected chi connectivity index (χ1v) is 8.58. The minimum atomic E-state index is -1.05. The molecule has 3 amide bonds. The van der Waals surface area contributed by atoms with E-state index in [0.29, 0.717) is 11.7 Å². The van der Waals surface area contributed by atoms with Gasteiger partial charge in [0.15, 0.2) is 0 Å². The minimum absolute atomic E-state index is 0.0415. The van der Waals surface area contributed by atoms with E-state index in [1.165, 1.54) is 16.0 Å². The van der Waals surface area contributed by atoms with Crippen LogP contribution in [-0.4, -0.2) is 21.8 Å². The summed E-state index contributed by atoms with van der Waals surface area (Å²) >= 11 is 0. The zero-order valence-corrected chi connectivity index (χ0v) is 14.7. The lowest BCUT2D eigenvalue weighted by molar-refractivity contribution is -0.131. The number of hydrogen-bond acceptors (Lipinski definition) is 4. The Bertz CT molecular complexity index is 867. The Morgan fingerprint density at radius 2 is 2.00 bits per heavy atom. The molecule has 1 atom stereocenters. The maximum absolute atomic E-state index is 13.0. The Kier molecular flexibility index (Phi) is 3.45. The maximum Gasteiger partial charge on any atom is 0.325 e. The first-order valence-electron chi connectivity index (χ1n) is 8.58. The molecule has 1 aromatic heterocycles. The number of aromatic nitrogens is 1. The molecule has 130 valence electrons. The number of nitrogens with zero attached hydrogens (tertiary/aromatic N) is 2. The van der Waals surface area contributed by atoms with Gasteiger partial charge in [-0.2, -0.15) is 0 Å². The highest BCUT2D eigenvalue weighted by molar-refractivity contribution is 6.07. The van der Waals surface area contributed by atoms with Gasteiger partial charge in [-0.1, -0.05) is 18.2 Å². The van der Waals surface area contributed by atoms with E-state index >= 15 is 0 Å². The molecule has 25 heavy (non-hydrogen) atoms. The van der Waals surface area contributed by atoms with Crippen LogP contribution in [0.1, 0.15) is 47.4 Å². The summed E-state index contributed by atoms with van der Waals surface area (Å²) in [6.07, 6.45) is 3.26. The van der Waals surface area contributed by atoms with E-state index in [9.17, 15) is 9.59 Å². The lowest BCUT2D eigenvalue weighted by Crippen LogP contribution is -2.41. The number of hydrogen-bond donors (Lipinski definition) is 1. The van der Waals surface area contributed by atoms with E-state index < -0.39 is 11.6 Å². The molecule has 1 aliphatic carbocycles. The number of rotatable bonds is 3. The van der Waals surface area contributed by atoms with Crippen molar-refractivity contribution in [2.45, 2.75) is 52.1 Å². The van der Waals surface area contributed by atoms with Crippen molar-refractivity contribution in [2.75, 3.05) is 0 Å². The van der Waals surface area contributed by atoms with E-state index in [0.717, 1.165) is 30.5 Å². The van der Waals surface area contributed by atoms with Gasteiger partial charge in [0.25, 0.3) is 5.91 Å². The molecule has 0 saturated carbocycles. The van der Waals surface area contributed by atoms with Gasteiger partial charge >= 0.3 is 6.03 Å². The summed E-state index contributed by atoms with van der Waals surface area (Å²) in [4.78, 5) is 30.9. The fourth-order valence-electron chi connectivity index (χ4n) is 3.66. The summed E-state index contributed by atoms with van der Waals surface area (Å²) in [5, 5.41) is 2.85. The van der Waals surface area contributed by atoms with Gasteiger partial charge < -0.3 is 9.73 Å². The van der Waals surface area contributed by atoms with Crippen LogP contribution in [0.2, 0.25) is 0 Å². The monoisotopic (exact) mass is 339 g/mol. The van der Waals surface area contributed by atoms with Gasteiger partial charge in [-0.15, -0.1) is 0 Å². The van der Waals surface area contributed by atoms with E-state index in [4.69, 9.17) is 4.42 Å². The summed E-state index contributed by atoms with van der Waals surface area (Å²) in [6, 6.07) is 5.67. The van der Waals surface area contributed by atoms with E-state index in [1.807, 2.05) is 19.9 Å². The van der Waals surface area contributed by atoms with Crippen LogP contribution in [0.3, 0.4) is 0 Å². The fraction of sp³-hybridized carbons (Fsp3) is 0.421. The quantitative estimate of drug-likeness (QED) is 0.873. The smallest absolute Gasteiger partial charge is 0.325 e. The number of urea groups is 1. The number of oxazole rings is 1. The molecule has 2 aliphatic rings. The molecule has 6 nitrogen and oxygen atoms in total. The van der Waals surface area contributed by atoms with Crippen LogP contribution >= 0.6 is 0 Å². The Morgan fingerprint density at radius 3 is 2.72 bits per heavy atom. The lowest BCUT2D eigenvalue weighted by atomic mass is 9.90. The standard InChI is InChI=1S/C19H21N3O3/c1-11-12(2)25-16(20-11)10-22-17(23)19(3,21-18(22)24)15-8-7-13-5-4-6-14(13)9-15/h7-9H,4-6,10H2,1-3H3,(H,21,24)/t19-/m0/s1. The van der Waals surface area contributed by atoms with Crippen molar-refractivity contribution < 1.29 is 14.0 Å². The van der Waals surface area contributed by atoms with Crippen molar-refractivity contribution in [3.8, 4) is 0 Å². The predicted molar refractivity (Wildman–Crippen MR) is 90.9 cm³/mol. The van der Waals surface area contributed by atoms with E-state index in [2.05, 4.69) is 22.4 Å². The van der Waals surface area contributed by atoms with Crippen LogP contribution in [0.25, 0.3) is 0 Å². The SMILES string of the molecule is Cc1nc(CN2C(=O)N[C@@](C)(c3ccc4c(c3)CCC4)C2=O)oc1C. The average Bonchev–Trinajstić information content (AvgIpc) is 3.22. The number of imide groups is 1. The Morgan fingerprint density at radius 1 is 1.24 bits per heavy atom. The summed E-state index contributed by atoms with van der Waals surface area (Å²) in [5.74, 6) is 0.795. The number of amides is 3. The molecule has 0 radical (unpaired) electrons. The molecule has 0 spiro atoms. The highest BCUT2D eigenvalue weighted by Crippen LogP contribution is 2.33. The van der Waals surface area contributed by atoms with Gasteiger partial charge in [0.1, 0.15) is 17.8 Å². The molecule has 0 unspecified atom stereocenters. The van der Waals surface area contributed by atoms with Crippen LogP contribution in [0.15, 0.2) is 22.6 Å². The average molecular weight is 339 g/mol. The van der Waals surface area contributed by atoms with Crippen molar-refractivity contribution in [3.05, 3.63) is 52.2 Å². The highest BCUT2D eigenvalue weighted by Gasteiger charge is 2.49. The van der Waals surface area contributed by atoms with Gasteiger partial charge in [0.05, 0.1) is 5.69 Å². The van der Waals surface area contributed by atoms with Crippen molar-refractivity contribution in [1.82, 2.24) is 15.2 Å². The third-order valence-corrected chi connectivity index (χ3v) is 5.32. The second kappa shape index (κ2) is 5.44. The van der Waals surface area contributed by atoms with Crippen LogP contribution in [0, 0.1) is 13.8 Å². The molecule has 1 saturated heterocycles. The largest absolute Gasteiger partial charge is 0.444 e. The van der Waals surface area contributed by atoms with Crippen LogP contribution in [0.5, 0.6) is 0 Å². The number of aryl methyl sites for hydroxylation is 4. The zero-order valence-electron chi connectivity index (χ0n) is 14.7. The number of carbonyl (C=O) groups excluding carboxylic acids is 2. The van der Waals surface area contributed by atoms with Crippen LogP contribution in [0.4, 0.5) is 4.79 Å². The van der Waals surface area contributed by atoms with Gasteiger partial charge in [0, 0.05) is 0 Å². The molecule has 2 heterocycles. The Balaban J connectivity index is 1.63. The summed E-state index contributed by atoms with van der Waals surface area (Å²) in [6.45, 7) is 5.45. The molecule has 0 bridgehead atoms. The van der Waals surface area contributed by atoms with Crippen LogP contribution < -0.4 is 5.32 Å². The van der Waals surface area contributed by atoms with Crippen LogP contribution in [-0.2, 0) is 29.7 Å². The normalized spacial score (nSPS) is 22.4. The van der Waals surface area contributed by atoms with Gasteiger partial charge in [-0.25, -0.2) is 9.78 Å². The van der Waals surface area contributed by atoms with Gasteiger partial charge in [0.2, 0.25) is 5.89 Å². The van der Waals surface area contributed by atoms with Gasteiger partial charge in [-0.05, 0) is 56.7 Å². The molecule has 1 aromatic carbocycles. The predicted octanol–water partition coefficient (Wildman–Crippen LogP) is 2.75. The molecule has 4 rings (SSSR count). The summed E-state index contributed by atoms with van der Waals surface area (Å²) in [5.41, 5.74) is 3.16. The fourth-order valence-corrected chi connectivity index (χ4v) is 3.66. The zero-order chi connectivity index (χ0) is 17.8. The summed E-state index contributed by atoms with van der Waals surface area (Å²) < 4.78 is 5.52. The second-order valence-corrected chi connectivity index (χ2v) is 7.03. The molecule has 6 heteroatoms. The molecule has 1 N–H and O–H groups in total. The Hall–Kier alpha value is -2.63. The van der Waals surface area contributed by atoms with E-state index in [1.54, 1.807) is 6.92 Å². The second-order valence-electron chi connectivity index (χ2n) is 7.03. The molecular weight excluding hydrogens is 318 g/mol. The van der Waals surface area contributed by atoms with Crippen molar-refractivity contribution in [2.24, 2.45) is 0 Å². The van der Waals surface area contributed by atoms with E-state index in [-0.39, 0.29) is 12.5 Å². The Labute approximate surface area is 146 Å². The number of nitrogens with one attached hydrogen (secondary N) is 1. The lowest BCUT2D eigenvalue weighted by Gasteiger charge is -2.23. The molecule has 1 aliphatic heterocycles.